The minimum absolute atomic E-state index is 0.0197. The van der Waals surface area contributed by atoms with Gasteiger partial charge in [-0.3, -0.25) is 4.79 Å². The number of aromatic amines is 1. The Kier molecular flexibility index (Phi) is 5.68. The summed E-state index contributed by atoms with van der Waals surface area (Å²) >= 11 is 0. The van der Waals surface area contributed by atoms with Gasteiger partial charge in [0.2, 0.25) is 10.0 Å². The largest absolute Gasteiger partial charge is 0.496 e. The number of nitrogens with one attached hydrogen (secondary N) is 2. The van der Waals surface area contributed by atoms with Gasteiger partial charge in [-0.25, -0.2) is 8.42 Å². The summed E-state index contributed by atoms with van der Waals surface area (Å²) in [7, 11) is -2.54. The molecule has 0 amide bonds. The third-order valence-corrected chi connectivity index (χ3v) is 6.92. The van der Waals surface area contributed by atoms with Crippen LogP contribution in [0.3, 0.4) is 0 Å². The number of rotatable bonds is 7. The van der Waals surface area contributed by atoms with Crippen LogP contribution in [0, 0.1) is 20.8 Å². The number of aromatic nitrogens is 1. The van der Waals surface area contributed by atoms with E-state index in [4.69, 9.17) is 4.74 Å². The molecule has 0 aliphatic heterocycles. The molecule has 154 valence electrons. The highest BCUT2D eigenvalue weighted by Gasteiger charge is 2.29. The lowest BCUT2D eigenvalue weighted by molar-refractivity contribution is -0.138. The maximum atomic E-state index is 13.1. The van der Waals surface area contributed by atoms with Crippen LogP contribution < -0.4 is 9.46 Å². The highest BCUT2D eigenvalue weighted by molar-refractivity contribution is 7.89. The Hall–Kier alpha value is -2.84. The Bertz CT molecular complexity index is 1180. The average molecular weight is 416 g/mol. The predicted molar refractivity (Wildman–Crippen MR) is 111 cm³/mol. The summed E-state index contributed by atoms with van der Waals surface area (Å²) in [6, 6.07) is 7.82. The number of fused-ring (bicyclic) bond motifs is 1. The molecule has 0 fully saturated rings. The molecule has 0 bridgehead atoms. The number of benzene rings is 2. The molecule has 1 heterocycles. The molecule has 1 aromatic heterocycles. The van der Waals surface area contributed by atoms with Crippen LogP contribution in [-0.2, 0) is 21.2 Å². The number of hydrogen-bond acceptors (Lipinski definition) is 4. The van der Waals surface area contributed by atoms with E-state index in [0.29, 0.717) is 22.4 Å². The lowest BCUT2D eigenvalue weighted by atomic mass is 10.1. The van der Waals surface area contributed by atoms with E-state index < -0.39 is 22.0 Å². The van der Waals surface area contributed by atoms with Crippen LogP contribution >= 0.6 is 0 Å². The summed E-state index contributed by atoms with van der Waals surface area (Å²) < 4.78 is 33.9. The smallest absolute Gasteiger partial charge is 0.322 e. The molecule has 0 saturated heterocycles. The average Bonchev–Trinajstić information content (AvgIpc) is 3.06. The minimum atomic E-state index is -4.07. The second kappa shape index (κ2) is 7.88. The Morgan fingerprint density at radius 2 is 1.90 bits per heavy atom. The molecule has 0 saturated carbocycles. The van der Waals surface area contributed by atoms with E-state index in [1.54, 1.807) is 33.0 Å². The second-order valence-corrected chi connectivity index (χ2v) is 8.70. The molecule has 2 aromatic carbocycles. The molecule has 29 heavy (non-hydrogen) atoms. The first-order valence-electron chi connectivity index (χ1n) is 9.10. The number of hydrogen-bond donors (Lipinski definition) is 3. The number of aryl methyl sites for hydroxylation is 1. The number of H-pyrrole nitrogens is 1. The van der Waals surface area contributed by atoms with Gasteiger partial charge in [0, 0.05) is 23.5 Å². The number of carbonyl (C=O) groups is 1. The summed E-state index contributed by atoms with van der Waals surface area (Å²) in [6.07, 6.45) is 1.73. The molecule has 8 heteroatoms. The summed E-state index contributed by atoms with van der Waals surface area (Å²) in [4.78, 5) is 15.0. The normalized spacial score (nSPS) is 12.8. The van der Waals surface area contributed by atoms with Gasteiger partial charge >= 0.3 is 5.97 Å². The van der Waals surface area contributed by atoms with Gasteiger partial charge in [-0.1, -0.05) is 18.2 Å². The lowest BCUT2D eigenvalue weighted by Gasteiger charge is -2.19. The fourth-order valence-corrected chi connectivity index (χ4v) is 5.31. The third-order valence-electron chi connectivity index (χ3n) is 5.16. The molecule has 0 aliphatic carbocycles. The topological polar surface area (TPSA) is 108 Å². The van der Waals surface area contributed by atoms with E-state index in [1.807, 2.05) is 24.3 Å². The van der Waals surface area contributed by atoms with Crippen molar-refractivity contribution in [2.24, 2.45) is 0 Å². The van der Waals surface area contributed by atoms with Crippen LogP contribution in [0.2, 0.25) is 0 Å². The van der Waals surface area contributed by atoms with Crippen molar-refractivity contribution in [3.63, 3.8) is 0 Å². The van der Waals surface area contributed by atoms with Crippen molar-refractivity contribution >= 4 is 26.9 Å². The maximum Gasteiger partial charge on any atom is 0.322 e. The highest BCUT2D eigenvalue weighted by atomic mass is 32.2. The summed E-state index contributed by atoms with van der Waals surface area (Å²) in [6.45, 7) is 5.13. The zero-order valence-corrected chi connectivity index (χ0v) is 17.6. The Labute approximate surface area is 169 Å². The van der Waals surface area contributed by atoms with Gasteiger partial charge in [0.05, 0.1) is 12.0 Å². The molecule has 0 unspecified atom stereocenters. The van der Waals surface area contributed by atoms with Crippen LogP contribution in [0.5, 0.6) is 5.75 Å². The fraction of sp³-hybridized carbons (Fsp3) is 0.286. The van der Waals surface area contributed by atoms with Crippen molar-refractivity contribution in [3.05, 3.63) is 58.8 Å². The third kappa shape index (κ3) is 3.99. The lowest BCUT2D eigenvalue weighted by Crippen LogP contribution is -2.42. The zero-order chi connectivity index (χ0) is 21.3. The van der Waals surface area contributed by atoms with Crippen LogP contribution in [0.4, 0.5) is 0 Å². The Morgan fingerprint density at radius 1 is 1.21 bits per heavy atom. The summed E-state index contributed by atoms with van der Waals surface area (Å²) in [5.74, 6) is -0.646. The van der Waals surface area contributed by atoms with Crippen molar-refractivity contribution in [1.29, 1.82) is 0 Å². The van der Waals surface area contributed by atoms with Crippen LogP contribution in [0.1, 0.15) is 22.3 Å². The number of carboxylic acid groups (broad SMARTS) is 1. The minimum Gasteiger partial charge on any atom is -0.496 e. The number of methoxy groups -OCH3 is 1. The summed E-state index contributed by atoms with van der Waals surface area (Å²) in [5, 5.41) is 10.5. The fourth-order valence-electron chi connectivity index (χ4n) is 3.59. The number of para-hydroxylation sites is 1. The molecule has 0 radical (unpaired) electrons. The number of ether oxygens (including phenoxy) is 1. The van der Waals surface area contributed by atoms with Crippen LogP contribution in [0.15, 0.2) is 41.4 Å². The number of carboxylic acids is 1. The van der Waals surface area contributed by atoms with E-state index >= 15 is 0 Å². The van der Waals surface area contributed by atoms with E-state index in [1.165, 1.54) is 7.11 Å². The van der Waals surface area contributed by atoms with Crippen LogP contribution in [0.25, 0.3) is 10.9 Å². The van der Waals surface area contributed by atoms with E-state index in [-0.39, 0.29) is 11.3 Å². The molecular weight excluding hydrogens is 392 g/mol. The number of aliphatic carboxylic acids is 1. The van der Waals surface area contributed by atoms with Gasteiger partial charge in [-0.15, -0.1) is 0 Å². The molecule has 3 aromatic rings. The maximum absolute atomic E-state index is 13.1. The van der Waals surface area contributed by atoms with Crippen molar-refractivity contribution in [1.82, 2.24) is 9.71 Å². The first-order valence-corrected chi connectivity index (χ1v) is 10.6. The SMILES string of the molecule is COc1cc(C)c(S(=O)(=O)N[C@@H](Cc2c[nH]c3ccccc23)C(=O)O)c(C)c1C. The quantitative estimate of drug-likeness (QED) is 0.548. The first-order chi connectivity index (χ1) is 13.7. The molecular formula is C21H24N2O5S. The molecule has 0 spiro atoms. The van der Waals surface area contributed by atoms with E-state index in [2.05, 4.69) is 9.71 Å². The molecule has 3 N–H and O–H groups in total. The first kappa shape index (κ1) is 20.9. The second-order valence-electron chi connectivity index (χ2n) is 7.05. The van der Waals surface area contributed by atoms with Crippen molar-refractivity contribution in [3.8, 4) is 5.75 Å². The van der Waals surface area contributed by atoms with E-state index in [0.717, 1.165) is 16.5 Å². The molecule has 7 nitrogen and oxygen atoms in total. The van der Waals surface area contributed by atoms with Crippen LogP contribution in [-0.4, -0.2) is 37.6 Å². The number of sulfonamides is 1. The van der Waals surface area contributed by atoms with Gasteiger partial charge in [0.1, 0.15) is 11.8 Å². The van der Waals surface area contributed by atoms with Crippen molar-refractivity contribution < 1.29 is 23.1 Å². The highest BCUT2D eigenvalue weighted by Crippen LogP contribution is 2.30. The van der Waals surface area contributed by atoms with Gasteiger partial charge in [0.25, 0.3) is 0 Å². The van der Waals surface area contributed by atoms with Gasteiger partial charge < -0.3 is 14.8 Å². The standard InChI is InChI=1S/C21H24N2O5S/c1-12-9-19(28-4)13(2)14(3)20(12)29(26,27)23-18(21(24)25)10-15-11-22-17-8-6-5-7-16(15)17/h5-9,11,18,22-23H,10H2,1-4H3,(H,24,25)/t18-/m0/s1. The Balaban J connectivity index is 1.97. The Morgan fingerprint density at radius 3 is 2.55 bits per heavy atom. The molecule has 0 aliphatic rings. The van der Waals surface area contributed by atoms with Crippen molar-refractivity contribution in [2.75, 3.05) is 7.11 Å². The molecule has 1 atom stereocenters. The monoisotopic (exact) mass is 416 g/mol. The van der Waals surface area contributed by atoms with E-state index in [9.17, 15) is 18.3 Å². The van der Waals surface area contributed by atoms with Gasteiger partial charge in [-0.2, -0.15) is 4.72 Å². The zero-order valence-electron chi connectivity index (χ0n) is 16.7. The van der Waals surface area contributed by atoms with Gasteiger partial charge in [-0.05, 0) is 55.2 Å². The van der Waals surface area contributed by atoms with Crippen molar-refractivity contribution in [2.45, 2.75) is 38.1 Å². The summed E-state index contributed by atoms with van der Waals surface area (Å²) in [5.41, 5.74) is 3.32. The van der Waals surface area contributed by atoms with Gasteiger partial charge in [0.15, 0.2) is 0 Å². The predicted octanol–water partition coefficient (Wildman–Crippen LogP) is 3.08. The molecule has 3 rings (SSSR count).